The van der Waals surface area contributed by atoms with Crippen molar-refractivity contribution >= 4 is 29.4 Å². The number of aryl methyl sites for hydroxylation is 1. The monoisotopic (exact) mass is 477 g/mol. The van der Waals surface area contributed by atoms with Crippen molar-refractivity contribution in [1.29, 1.82) is 0 Å². The molecular formula is C24H27N7O4. The summed E-state index contributed by atoms with van der Waals surface area (Å²) < 4.78 is 2.66. The van der Waals surface area contributed by atoms with Gasteiger partial charge in [-0.2, -0.15) is 9.61 Å². The number of anilines is 1. The number of carbonyl (C=O) groups excluding carboxylic acids is 2. The molecule has 5 rings (SSSR count). The van der Waals surface area contributed by atoms with Crippen LogP contribution in [0.25, 0.3) is 11.7 Å². The Balaban J connectivity index is 1.58. The molecule has 0 spiro atoms. The van der Waals surface area contributed by atoms with Crippen molar-refractivity contribution in [2.24, 2.45) is 5.92 Å². The predicted octanol–water partition coefficient (Wildman–Crippen LogP) is 1.45. The number of nitrogens with zero attached hydrogens (tertiary/aromatic N) is 6. The van der Waals surface area contributed by atoms with Gasteiger partial charge in [0.1, 0.15) is 17.8 Å². The summed E-state index contributed by atoms with van der Waals surface area (Å²) in [6, 6.07) is 0.0281. The van der Waals surface area contributed by atoms with Gasteiger partial charge < -0.3 is 10.4 Å². The standard InChI is InChI=1S/C24H27N7O4/c1-13(2)11-30-22-17(6-7-18(32)29-9-8-15-10-25-12-26-20(15)29)14(3)28-31(22)24(35)19(23(30)34)21(33)27-16-4-5-16/h6-7,10,12-13,16,34H,4-5,8-9,11H2,1-3H3,(H,27,33). The maximum atomic E-state index is 13.2. The summed E-state index contributed by atoms with van der Waals surface area (Å²) in [6.45, 7) is 6.49. The summed E-state index contributed by atoms with van der Waals surface area (Å²) >= 11 is 0. The maximum Gasteiger partial charge on any atom is 0.291 e. The van der Waals surface area contributed by atoms with Gasteiger partial charge in [0.25, 0.3) is 17.4 Å². The van der Waals surface area contributed by atoms with Crippen LogP contribution in [-0.2, 0) is 17.8 Å². The van der Waals surface area contributed by atoms with E-state index in [9.17, 15) is 19.5 Å². The van der Waals surface area contributed by atoms with Crippen LogP contribution in [0, 0.1) is 12.8 Å². The Bertz CT molecular complexity index is 1430. The molecule has 11 nitrogen and oxygen atoms in total. The summed E-state index contributed by atoms with van der Waals surface area (Å²) in [4.78, 5) is 48.8. The van der Waals surface area contributed by atoms with Crippen molar-refractivity contribution in [2.75, 3.05) is 11.4 Å². The molecular weight excluding hydrogens is 450 g/mol. The van der Waals surface area contributed by atoms with Gasteiger partial charge >= 0.3 is 0 Å². The minimum Gasteiger partial charge on any atom is -0.494 e. The van der Waals surface area contributed by atoms with Gasteiger partial charge in [-0.05, 0) is 38.2 Å². The van der Waals surface area contributed by atoms with E-state index in [-0.39, 0.29) is 23.4 Å². The number of aromatic nitrogens is 5. The SMILES string of the molecule is Cc1nn2c(=O)c(C(=O)NC3CC3)c(O)n(CC(C)C)c2c1C=CC(=O)N1CCc2cncnc21. The molecule has 1 fully saturated rings. The third-order valence-electron chi connectivity index (χ3n) is 6.19. The lowest BCUT2D eigenvalue weighted by Gasteiger charge is -2.17. The van der Waals surface area contributed by atoms with Crippen molar-refractivity contribution in [2.45, 2.75) is 52.6 Å². The van der Waals surface area contributed by atoms with Crippen LogP contribution in [0.2, 0.25) is 0 Å². The molecule has 2 N–H and O–H groups in total. The predicted molar refractivity (Wildman–Crippen MR) is 128 cm³/mol. The lowest BCUT2D eigenvalue weighted by molar-refractivity contribution is -0.114. The molecule has 0 bridgehead atoms. The van der Waals surface area contributed by atoms with Crippen molar-refractivity contribution in [3.05, 3.63) is 51.3 Å². The minimum atomic E-state index is -0.699. The van der Waals surface area contributed by atoms with Gasteiger partial charge in [0.15, 0.2) is 5.56 Å². The Hall–Kier alpha value is -4.02. The van der Waals surface area contributed by atoms with E-state index in [0.717, 1.165) is 22.9 Å². The van der Waals surface area contributed by atoms with Crippen LogP contribution in [0.3, 0.4) is 0 Å². The molecule has 11 heteroatoms. The van der Waals surface area contributed by atoms with Crippen LogP contribution >= 0.6 is 0 Å². The zero-order chi connectivity index (χ0) is 24.9. The fraction of sp³-hybridized carbons (Fsp3) is 0.417. The summed E-state index contributed by atoms with van der Waals surface area (Å²) in [6.07, 6.45) is 8.51. The molecule has 3 aromatic heterocycles. The van der Waals surface area contributed by atoms with Gasteiger partial charge in [0, 0.05) is 42.5 Å². The first-order valence-corrected chi connectivity index (χ1v) is 11.7. The molecule has 0 saturated heterocycles. The summed E-state index contributed by atoms with van der Waals surface area (Å²) in [7, 11) is 0. The Kier molecular flexibility index (Phi) is 5.62. The summed E-state index contributed by atoms with van der Waals surface area (Å²) in [5.74, 6) is -0.582. The molecule has 1 saturated carbocycles. The Morgan fingerprint density at radius 3 is 2.80 bits per heavy atom. The lowest BCUT2D eigenvalue weighted by Crippen LogP contribution is -2.34. The summed E-state index contributed by atoms with van der Waals surface area (Å²) in [5, 5.41) is 18.2. The second-order valence-electron chi connectivity index (χ2n) is 9.44. The molecule has 35 heavy (non-hydrogen) atoms. The van der Waals surface area contributed by atoms with Gasteiger partial charge in [0.2, 0.25) is 5.88 Å². The number of carbonyl (C=O) groups is 2. The molecule has 3 aromatic rings. The van der Waals surface area contributed by atoms with Crippen molar-refractivity contribution in [1.82, 2.24) is 29.5 Å². The normalized spacial score (nSPS) is 15.4. The topological polar surface area (TPSA) is 135 Å². The first-order chi connectivity index (χ1) is 16.8. The average Bonchev–Trinajstić information content (AvgIpc) is 3.41. The molecule has 0 unspecified atom stereocenters. The van der Waals surface area contributed by atoms with Gasteiger partial charge in [0.05, 0.1) is 5.69 Å². The number of rotatable bonds is 6. The second kappa shape index (κ2) is 8.64. The fourth-order valence-corrected chi connectivity index (χ4v) is 4.35. The number of hydrogen-bond donors (Lipinski definition) is 2. The van der Waals surface area contributed by atoms with Crippen LogP contribution < -0.4 is 15.8 Å². The van der Waals surface area contributed by atoms with E-state index in [2.05, 4.69) is 20.4 Å². The van der Waals surface area contributed by atoms with E-state index < -0.39 is 17.3 Å². The largest absolute Gasteiger partial charge is 0.494 e. The molecule has 2 aliphatic rings. The zero-order valence-corrected chi connectivity index (χ0v) is 19.9. The third-order valence-corrected chi connectivity index (χ3v) is 6.19. The Morgan fingerprint density at radius 1 is 1.31 bits per heavy atom. The van der Waals surface area contributed by atoms with E-state index in [0.29, 0.717) is 42.2 Å². The zero-order valence-electron chi connectivity index (χ0n) is 19.9. The van der Waals surface area contributed by atoms with Gasteiger partial charge in [-0.1, -0.05) is 13.8 Å². The summed E-state index contributed by atoms with van der Waals surface area (Å²) in [5.41, 5.74) is 1.22. The number of aromatic hydroxyl groups is 1. The first kappa shape index (κ1) is 22.8. The van der Waals surface area contributed by atoms with Gasteiger partial charge in [-0.15, -0.1) is 0 Å². The van der Waals surface area contributed by atoms with Crippen molar-refractivity contribution in [3.63, 3.8) is 0 Å². The van der Waals surface area contributed by atoms with E-state index >= 15 is 0 Å². The van der Waals surface area contributed by atoms with E-state index in [1.54, 1.807) is 24.1 Å². The van der Waals surface area contributed by atoms with Crippen LogP contribution in [0.1, 0.15) is 53.9 Å². The van der Waals surface area contributed by atoms with Crippen LogP contribution in [0.5, 0.6) is 5.88 Å². The molecule has 0 atom stereocenters. The molecule has 182 valence electrons. The minimum absolute atomic E-state index is 0.0281. The smallest absolute Gasteiger partial charge is 0.291 e. The Labute approximate surface area is 201 Å². The molecule has 1 aliphatic carbocycles. The molecule has 0 aromatic carbocycles. The van der Waals surface area contributed by atoms with Crippen molar-refractivity contribution < 1.29 is 14.7 Å². The number of nitrogens with one attached hydrogen (secondary N) is 1. The first-order valence-electron chi connectivity index (χ1n) is 11.7. The third kappa shape index (κ3) is 4.07. The number of fused-ring (bicyclic) bond motifs is 2. The van der Waals surface area contributed by atoms with Gasteiger partial charge in [-0.3, -0.25) is 23.9 Å². The highest BCUT2D eigenvalue weighted by Gasteiger charge is 2.30. The highest BCUT2D eigenvalue weighted by atomic mass is 16.3. The molecule has 1 aliphatic heterocycles. The van der Waals surface area contributed by atoms with E-state index in [1.807, 2.05) is 13.8 Å². The van der Waals surface area contributed by atoms with E-state index in [4.69, 9.17) is 0 Å². The maximum absolute atomic E-state index is 13.2. The van der Waals surface area contributed by atoms with E-state index in [1.165, 1.54) is 17.0 Å². The lowest BCUT2D eigenvalue weighted by atomic mass is 10.1. The highest BCUT2D eigenvalue weighted by molar-refractivity contribution is 6.05. The fourth-order valence-electron chi connectivity index (χ4n) is 4.35. The van der Waals surface area contributed by atoms with Crippen LogP contribution in [-0.4, -0.2) is 53.7 Å². The Morgan fingerprint density at radius 2 is 2.09 bits per heavy atom. The number of hydrogen-bond acceptors (Lipinski definition) is 7. The average molecular weight is 478 g/mol. The van der Waals surface area contributed by atoms with Crippen LogP contribution in [0.15, 0.2) is 23.4 Å². The van der Waals surface area contributed by atoms with Crippen molar-refractivity contribution in [3.8, 4) is 5.88 Å². The molecule has 0 radical (unpaired) electrons. The quantitative estimate of drug-likeness (QED) is 0.513. The highest BCUT2D eigenvalue weighted by Crippen LogP contribution is 2.27. The molecule has 2 amide bonds. The number of amides is 2. The second-order valence-corrected chi connectivity index (χ2v) is 9.44. The van der Waals surface area contributed by atoms with Crippen LogP contribution in [0.4, 0.5) is 5.82 Å². The van der Waals surface area contributed by atoms with Gasteiger partial charge in [-0.25, -0.2) is 9.97 Å². The molecule has 4 heterocycles.